The highest BCUT2D eigenvalue weighted by atomic mass is 79.9. The smallest absolute Gasteiger partial charge is 0.120 e. The third-order valence-corrected chi connectivity index (χ3v) is 4.46. The maximum Gasteiger partial charge on any atom is 0.120 e. The van der Waals surface area contributed by atoms with Crippen LogP contribution in [-0.4, -0.2) is 18.7 Å². The van der Waals surface area contributed by atoms with Gasteiger partial charge in [-0.3, -0.25) is 10.3 Å². The third kappa shape index (κ3) is 2.44. The number of benzene rings is 1. The van der Waals surface area contributed by atoms with Crippen LogP contribution >= 0.6 is 31.9 Å². The molecule has 0 atom stereocenters. The predicted octanol–water partition coefficient (Wildman–Crippen LogP) is 3.56. The molecule has 0 bridgehead atoms. The van der Waals surface area contributed by atoms with E-state index in [2.05, 4.69) is 72.6 Å². The Morgan fingerprint density at radius 3 is 2.33 bits per heavy atom. The number of nitrogens with zero attached hydrogens (tertiary/aromatic N) is 1. The Kier molecular flexibility index (Phi) is 3.38. The lowest BCUT2D eigenvalue weighted by atomic mass is 9.91. The van der Waals surface area contributed by atoms with Crippen LogP contribution in [0.1, 0.15) is 12.8 Å². The molecule has 0 aliphatic carbocycles. The van der Waals surface area contributed by atoms with Gasteiger partial charge in [-0.2, -0.15) is 0 Å². The van der Waals surface area contributed by atoms with Crippen molar-refractivity contribution in [2.75, 3.05) is 18.0 Å². The fraction of sp³-hybridized carbons (Fsp3) is 0.385. The second-order valence-electron chi connectivity index (χ2n) is 4.72. The van der Waals surface area contributed by atoms with E-state index in [0.29, 0.717) is 0 Å². The monoisotopic (exact) mass is 372 g/mol. The van der Waals surface area contributed by atoms with Gasteiger partial charge in [0.2, 0.25) is 0 Å². The zero-order valence-electron chi connectivity index (χ0n) is 9.83. The van der Waals surface area contributed by atoms with Crippen molar-refractivity contribution in [3.8, 4) is 0 Å². The van der Waals surface area contributed by atoms with E-state index in [0.717, 1.165) is 35.0 Å². The molecular weight excluding hydrogens is 360 g/mol. The molecule has 1 fully saturated rings. The van der Waals surface area contributed by atoms with Gasteiger partial charge in [-0.1, -0.05) is 15.9 Å². The average molecular weight is 374 g/mol. The van der Waals surface area contributed by atoms with E-state index in [9.17, 15) is 0 Å². The van der Waals surface area contributed by atoms with Gasteiger partial charge in [0.15, 0.2) is 0 Å². The van der Waals surface area contributed by atoms with Gasteiger partial charge < -0.3 is 4.90 Å². The van der Waals surface area contributed by atoms with Crippen LogP contribution in [-0.2, 0) is 4.84 Å². The molecule has 0 aromatic heterocycles. The van der Waals surface area contributed by atoms with Crippen molar-refractivity contribution in [2.24, 2.45) is 0 Å². The molecule has 1 aromatic carbocycles. The van der Waals surface area contributed by atoms with Crippen LogP contribution in [0.2, 0.25) is 0 Å². The molecule has 0 unspecified atom stereocenters. The minimum Gasteiger partial charge on any atom is -0.371 e. The molecule has 2 heterocycles. The van der Waals surface area contributed by atoms with Gasteiger partial charge in [0.05, 0.1) is 0 Å². The number of hydroxylamine groups is 1. The second-order valence-corrected chi connectivity index (χ2v) is 6.49. The van der Waals surface area contributed by atoms with Gasteiger partial charge in [0.25, 0.3) is 0 Å². The number of nitrogens with one attached hydrogen (secondary N) is 1. The van der Waals surface area contributed by atoms with Crippen molar-refractivity contribution in [3.63, 3.8) is 0 Å². The van der Waals surface area contributed by atoms with E-state index in [1.165, 1.54) is 5.69 Å². The molecule has 0 radical (unpaired) electrons. The van der Waals surface area contributed by atoms with E-state index >= 15 is 0 Å². The lowest BCUT2D eigenvalue weighted by Gasteiger charge is -2.37. The van der Waals surface area contributed by atoms with E-state index in [4.69, 9.17) is 4.84 Å². The molecule has 2 aliphatic rings. The fourth-order valence-corrected chi connectivity index (χ4v) is 3.24. The predicted molar refractivity (Wildman–Crippen MR) is 79.6 cm³/mol. The van der Waals surface area contributed by atoms with Crippen molar-refractivity contribution >= 4 is 37.5 Å². The van der Waals surface area contributed by atoms with E-state index < -0.39 is 0 Å². The molecular formula is C13H14Br2N2O. The summed E-state index contributed by atoms with van der Waals surface area (Å²) in [5, 5.41) is 0. The van der Waals surface area contributed by atoms with Gasteiger partial charge in [-0.15, -0.1) is 0 Å². The average Bonchev–Trinajstić information content (AvgIpc) is 2.73. The zero-order chi connectivity index (χ0) is 12.6. The molecule has 1 aromatic rings. The van der Waals surface area contributed by atoms with Gasteiger partial charge in [0, 0.05) is 36.1 Å². The van der Waals surface area contributed by atoms with Crippen LogP contribution < -0.4 is 10.4 Å². The van der Waals surface area contributed by atoms with E-state index in [1.807, 2.05) is 0 Å². The first-order chi connectivity index (χ1) is 8.67. The molecule has 5 heteroatoms. The Morgan fingerprint density at radius 1 is 1.11 bits per heavy atom. The number of hydrogen-bond acceptors (Lipinski definition) is 3. The lowest BCUT2D eigenvalue weighted by Crippen LogP contribution is -2.44. The standard InChI is InChI=1S/C13H14Br2N2O/c14-10-1-3-11(4-2-10)17-7-5-13(6-8-17)9-12(15)16-18-13/h1-4,9,16H,5-8H2. The summed E-state index contributed by atoms with van der Waals surface area (Å²) in [4.78, 5) is 8.08. The highest BCUT2D eigenvalue weighted by Crippen LogP contribution is 2.34. The van der Waals surface area contributed by atoms with Crippen molar-refractivity contribution in [3.05, 3.63) is 39.4 Å². The molecule has 3 nitrogen and oxygen atoms in total. The van der Waals surface area contributed by atoms with Gasteiger partial charge in [-0.25, -0.2) is 0 Å². The Hall–Kier alpha value is -0.520. The molecule has 1 N–H and O–H groups in total. The maximum atomic E-state index is 5.67. The Bertz CT molecular complexity index is 464. The largest absolute Gasteiger partial charge is 0.371 e. The first-order valence-corrected chi connectivity index (χ1v) is 7.58. The zero-order valence-corrected chi connectivity index (χ0v) is 13.0. The number of anilines is 1. The van der Waals surface area contributed by atoms with Crippen LogP contribution in [0.5, 0.6) is 0 Å². The van der Waals surface area contributed by atoms with Crippen LogP contribution in [0, 0.1) is 0 Å². The molecule has 1 spiro atoms. The van der Waals surface area contributed by atoms with Crippen molar-refractivity contribution < 1.29 is 4.84 Å². The van der Waals surface area contributed by atoms with E-state index in [1.54, 1.807) is 0 Å². The minimum atomic E-state index is -0.120. The SMILES string of the molecule is BrC1=CC2(CCN(c3ccc(Br)cc3)CC2)ON1. The van der Waals surface area contributed by atoms with Crippen molar-refractivity contribution in [1.29, 1.82) is 0 Å². The van der Waals surface area contributed by atoms with Gasteiger partial charge in [-0.05, 0) is 46.3 Å². The highest BCUT2D eigenvalue weighted by Gasteiger charge is 2.38. The fourth-order valence-electron chi connectivity index (χ4n) is 2.48. The Balaban J connectivity index is 1.68. The summed E-state index contributed by atoms with van der Waals surface area (Å²) in [5.74, 6) is 0. The molecule has 0 saturated carbocycles. The maximum absolute atomic E-state index is 5.67. The summed E-state index contributed by atoms with van der Waals surface area (Å²) in [5.41, 5.74) is 4.05. The quantitative estimate of drug-likeness (QED) is 0.761. The third-order valence-electron chi connectivity index (χ3n) is 3.54. The van der Waals surface area contributed by atoms with Gasteiger partial charge in [0.1, 0.15) is 10.2 Å². The van der Waals surface area contributed by atoms with Gasteiger partial charge >= 0.3 is 0 Å². The van der Waals surface area contributed by atoms with Crippen LogP contribution in [0.4, 0.5) is 5.69 Å². The summed E-state index contributed by atoms with van der Waals surface area (Å²) in [6, 6.07) is 8.48. The van der Waals surface area contributed by atoms with Crippen molar-refractivity contribution in [2.45, 2.75) is 18.4 Å². The summed E-state index contributed by atoms with van der Waals surface area (Å²) in [7, 11) is 0. The Labute approximate surface area is 123 Å². The second kappa shape index (κ2) is 4.87. The summed E-state index contributed by atoms with van der Waals surface area (Å²) >= 11 is 6.89. The number of piperidine rings is 1. The molecule has 0 amide bonds. The highest BCUT2D eigenvalue weighted by molar-refractivity contribution is 9.11. The molecule has 1 saturated heterocycles. The van der Waals surface area contributed by atoms with Crippen LogP contribution in [0.3, 0.4) is 0 Å². The molecule has 2 aliphatic heterocycles. The minimum absolute atomic E-state index is 0.120. The summed E-state index contributed by atoms with van der Waals surface area (Å²) < 4.78 is 2.06. The summed E-state index contributed by atoms with van der Waals surface area (Å²) in [6.45, 7) is 2.03. The topological polar surface area (TPSA) is 24.5 Å². The lowest BCUT2D eigenvalue weighted by molar-refractivity contribution is -0.0513. The van der Waals surface area contributed by atoms with Crippen molar-refractivity contribution in [1.82, 2.24) is 5.48 Å². The first kappa shape index (κ1) is 12.5. The number of rotatable bonds is 1. The number of halogens is 2. The molecule has 18 heavy (non-hydrogen) atoms. The summed E-state index contributed by atoms with van der Waals surface area (Å²) in [6.07, 6.45) is 4.16. The first-order valence-electron chi connectivity index (χ1n) is 6.00. The molecule has 3 rings (SSSR count). The molecule has 96 valence electrons. The van der Waals surface area contributed by atoms with Crippen LogP contribution in [0.25, 0.3) is 0 Å². The van der Waals surface area contributed by atoms with Crippen LogP contribution in [0.15, 0.2) is 39.4 Å². The number of hydrogen-bond donors (Lipinski definition) is 1. The van der Waals surface area contributed by atoms with E-state index in [-0.39, 0.29) is 5.60 Å². The normalized spacial score (nSPS) is 21.9. The Morgan fingerprint density at radius 2 is 1.78 bits per heavy atom.